The maximum absolute atomic E-state index is 13.5. The Hall–Kier alpha value is -3.12. The number of hydrogen-bond donors (Lipinski definition) is 1. The van der Waals surface area contributed by atoms with Crippen molar-refractivity contribution in [3.05, 3.63) is 70.4 Å². The Labute approximate surface area is 192 Å². The minimum Gasteiger partial charge on any atom is -0.366 e. The molecule has 0 radical (unpaired) electrons. The molecule has 2 aromatic carbocycles. The van der Waals surface area contributed by atoms with Gasteiger partial charge in [0.25, 0.3) is 11.8 Å². The van der Waals surface area contributed by atoms with Gasteiger partial charge < -0.3 is 10.2 Å². The quantitative estimate of drug-likeness (QED) is 0.688. The van der Waals surface area contributed by atoms with Crippen molar-refractivity contribution in [2.45, 2.75) is 33.2 Å². The van der Waals surface area contributed by atoms with Crippen LogP contribution in [0.3, 0.4) is 0 Å². The molecular formula is C25H26ClN3O3. The van der Waals surface area contributed by atoms with Gasteiger partial charge in [0.1, 0.15) is 5.70 Å². The maximum atomic E-state index is 13.5. The van der Waals surface area contributed by atoms with Gasteiger partial charge in [-0.1, -0.05) is 48.9 Å². The van der Waals surface area contributed by atoms with Gasteiger partial charge in [0, 0.05) is 30.7 Å². The summed E-state index contributed by atoms with van der Waals surface area (Å²) in [5.74, 6) is -0.335. The van der Waals surface area contributed by atoms with Gasteiger partial charge in [-0.15, -0.1) is 0 Å². The van der Waals surface area contributed by atoms with Gasteiger partial charge in [-0.25, -0.2) is 0 Å². The molecular weight excluding hydrogens is 426 g/mol. The van der Waals surface area contributed by atoms with Crippen molar-refractivity contribution in [2.24, 2.45) is 5.92 Å². The lowest BCUT2D eigenvalue weighted by Crippen LogP contribution is -2.39. The second kappa shape index (κ2) is 9.17. The maximum Gasteiger partial charge on any atom is 0.278 e. The number of imide groups is 1. The topological polar surface area (TPSA) is 69.7 Å². The molecule has 6 nitrogen and oxygen atoms in total. The molecule has 1 atom stereocenters. The highest BCUT2D eigenvalue weighted by Gasteiger charge is 2.42. The zero-order valence-corrected chi connectivity index (χ0v) is 19.0. The van der Waals surface area contributed by atoms with E-state index in [1.807, 2.05) is 18.2 Å². The van der Waals surface area contributed by atoms with Crippen LogP contribution in [-0.2, 0) is 20.9 Å². The highest BCUT2D eigenvalue weighted by atomic mass is 35.5. The molecule has 1 unspecified atom stereocenters. The second-order valence-electron chi connectivity index (χ2n) is 8.46. The molecule has 0 aliphatic carbocycles. The third kappa shape index (κ3) is 4.41. The number of anilines is 1. The van der Waals surface area contributed by atoms with E-state index in [9.17, 15) is 14.4 Å². The molecule has 0 spiro atoms. The summed E-state index contributed by atoms with van der Waals surface area (Å²) in [5, 5.41) is 3.25. The van der Waals surface area contributed by atoms with Crippen molar-refractivity contribution < 1.29 is 14.4 Å². The average Bonchev–Trinajstić information content (AvgIpc) is 3.00. The van der Waals surface area contributed by atoms with Crippen LogP contribution in [0.15, 0.2) is 54.2 Å². The van der Waals surface area contributed by atoms with Crippen LogP contribution >= 0.6 is 11.6 Å². The fourth-order valence-corrected chi connectivity index (χ4v) is 4.57. The highest BCUT2D eigenvalue weighted by molar-refractivity contribution is 6.36. The first-order valence-corrected chi connectivity index (χ1v) is 11.2. The summed E-state index contributed by atoms with van der Waals surface area (Å²) < 4.78 is 0. The van der Waals surface area contributed by atoms with E-state index in [1.54, 1.807) is 30.3 Å². The standard InChI is InChI=1S/C25H26ClN3O3/c1-16-6-5-13-28(14-16)23-22(18-9-11-20(12-10-18)27-17(2)30)24(31)29(25(23)32)15-19-7-3-4-8-21(19)26/h3-4,7-12,16H,5-6,13-15H2,1-2H3,(H,27,30). The van der Waals surface area contributed by atoms with Gasteiger partial charge >= 0.3 is 0 Å². The number of rotatable bonds is 5. The fraction of sp³-hybridized carbons (Fsp3) is 0.320. The van der Waals surface area contributed by atoms with E-state index >= 15 is 0 Å². The summed E-state index contributed by atoms with van der Waals surface area (Å²) in [6.07, 6.45) is 2.08. The van der Waals surface area contributed by atoms with Crippen LogP contribution in [0.25, 0.3) is 5.57 Å². The van der Waals surface area contributed by atoms with Gasteiger partial charge in [-0.3, -0.25) is 19.3 Å². The number of carbonyl (C=O) groups is 3. The smallest absolute Gasteiger partial charge is 0.278 e. The SMILES string of the molecule is CC(=O)Nc1ccc(C2=C(N3CCCC(C)C3)C(=O)N(Cc3ccccc3Cl)C2=O)cc1. The van der Waals surface area contributed by atoms with Crippen molar-refractivity contribution in [1.29, 1.82) is 0 Å². The summed E-state index contributed by atoms with van der Waals surface area (Å²) in [6.45, 7) is 5.21. The highest BCUT2D eigenvalue weighted by Crippen LogP contribution is 2.35. The summed E-state index contributed by atoms with van der Waals surface area (Å²) in [4.78, 5) is 41.8. The Morgan fingerprint density at radius 2 is 1.81 bits per heavy atom. The molecule has 166 valence electrons. The average molecular weight is 452 g/mol. The van der Waals surface area contributed by atoms with Crippen molar-refractivity contribution in [3.63, 3.8) is 0 Å². The molecule has 1 fully saturated rings. The largest absolute Gasteiger partial charge is 0.366 e. The van der Waals surface area contributed by atoms with Crippen LogP contribution in [0.4, 0.5) is 5.69 Å². The zero-order chi connectivity index (χ0) is 22.8. The number of nitrogens with zero attached hydrogens (tertiary/aromatic N) is 2. The van der Waals surface area contributed by atoms with E-state index in [-0.39, 0.29) is 24.3 Å². The molecule has 1 N–H and O–H groups in total. The van der Waals surface area contributed by atoms with E-state index in [0.717, 1.165) is 31.5 Å². The lowest BCUT2D eigenvalue weighted by atomic mass is 9.97. The molecule has 0 aromatic heterocycles. The lowest BCUT2D eigenvalue weighted by Gasteiger charge is -2.33. The molecule has 1 saturated heterocycles. The summed E-state index contributed by atoms with van der Waals surface area (Å²) >= 11 is 6.31. The van der Waals surface area contributed by atoms with E-state index in [2.05, 4.69) is 17.1 Å². The molecule has 32 heavy (non-hydrogen) atoms. The first kappa shape index (κ1) is 22.1. The number of benzene rings is 2. The van der Waals surface area contributed by atoms with Gasteiger partial charge in [0.2, 0.25) is 5.91 Å². The molecule has 2 aliphatic rings. The van der Waals surface area contributed by atoms with Crippen LogP contribution in [0, 0.1) is 5.92 Å². The molecule has 0 saturated carbocycles. The third-order valence-electron chi connectivity index (χ3n) is 5.90. The summed E-state index contributed by atoms with van der Waals surface area (Å²) in [6, 6.07) is 14.3. The molecule has 4 rings (SSSR count). The lowest BCUT2D eigenvalue weighted by molar-refractivity contribution is -0.138. The Kier molecular flexibility index (Phi) is 6.33. The normalized spacial score (nSPS) is 19.0. The summed E-state index contributed by atoms with van der Waals surface area (Å²) in [5.41, 5.74) is 2.89. The van der Waals surface area contributed by atoms with Crippen LogP contribution in [0.1, 0.15) is 37.8 Å². The molecule has 3 amide bonds. The van der Waals surface area contributed by atoms with Crippen LogP contribution in [0.2, 0.25) is 5.02 Å². The predicted octanol–water partition coefficient (Wildman–Crippen LogP) is 4.31. The molecule has 2 aliphatic heterocycles. The summed E-state index contributed by atoms with van der Waals surface area (Å²) in [7, 11) is 0. The first-order chi connectivity index (χ1) is 15.3. The Morgan fingerprint density at radius 3 is 2.47 bits per heavy atom. The van der Waals surface area contributed by atoms with Gasteiger partial charge in [-0.2, -0.15) is 0 Å². The first-order valence-electron chi connectivity index (χ1n) is 10.8. The van der Waals surface area contributed by atoms with Gasteiger partial charge in [0.05, 0.1) is 12.1 Å². The minimum atomic E-state index is -0.324. The number of carbonyl (C=O) groups excluding carboxylic acids is 3. The van der Waals surface area contributed by atoms with Crippen molar-refractivity contribution >= 4 is 40.6 Å². The number of piperidine rings is 1. The van der Waals surface area contributed by atoms with E-state index in [1.165, 1.54) is 11.8 Å². The number of hydrogen-bond acceptors (Lipinski definition) is 4. The zero-order valence-electron chi connectivity index (χ0n) is 18.2. The van der Waals surface area contributed by atoms with Crippen LogP contribution < -0.4 is 5.32 Å². The van der Waals surface area contributed by atoms with E-state index < -0.39 is 0 Å². The molecule has 0 bridgehead atoms. The van der Waals surface area contributed by atoms with Crippen molar-refractivity contribution in [1.82, 2.24) is 9.80 Å². The molecule has 2 aromatic rings. The Bertz CT molecular complexity index is 1090. The van der Waals surface area contributed by atoms with Crippen molar-refractivity contribution in [2.75, 3.05) is 18.4 Å². The Balaban J connectivity index is 1.72. The van der Waals surface area contributed by atoms with Crippen LogP contribution in [-0.4, -0.2) is 40.6 Å². The Morgan fingerprint density at radius 1 is 1.09 bits per heavy atom. The number of amides is 3. The third-order valence-corrected chi connectivity index (χ3v) is 6.27. The number of halogens is 1. The van der Waals surface area contributed by atoms with Gasteiger partial charge in [-0.05, 0) is 48.1 Å². The fourth-order valence-electron chi connectivity index (χ4n) is 4.37. The van der Waals surface area contributed by atoms with Crippen LogP contribution in [0.5, 0.6) is 0 Å². The number of likely N-dealkylation sites (tertiary alicyclic amines) is 1. The van der Waals surface area contributed by atoms with Gasteiger partial charge in [0.15, 0.2) is 0 Å². The monoisotopic (exact) mass is 451 g/mol. The minimum absolute atomic E-state index is 0.123. The molecule has 2 heterocycles. The van der Waals surface area contributed by atoms with E-state index in [4.69, 9.17) is 11.6 Å². The van der Waals surface area contributed by atoms with E-state index in [0.29, 0.717) is 33.5 Å². The second-order valence-corrected chi connectivity index (χ2v) is 8.87. The predicted molar refractivity (Wildman–Crippen MR) is 125 cm³/mol. The number of nitrogens with one attached hydrogen (secondary N) is 1. The molecule has 7 heteroatoms. The van der Waals surface area contributed by atoms with Crippen molar-refractivity contribution in [3.8, 4) is 0 Å².